The van der Waals surface area contributed by atoms with E-state index in [0.717, 1.165) is 89.4 Å². The average Bonchev–Trinajstić information content (AvgIpc) is 4.01. The number of nitrogens with zero attached hydrogens (tertiary/aromatic N) is 4. The summed E-state index contributed by atoms with van der Waals surface area (Å²) >= 11 is 0. The first-order chi connectivity index (χ1) is 25.1. The van der Waals surface area contributed by atoms with E-state index in [2.05, 4.69) is 60.7 Å². The van der Waals surface area contributed by atoms with Gasteiger partial charge in [-0.05, 0) is 80.9 Å². The van der Waals surface area contributed by atoms with Crippen LogP contribution in [0.2, 0.25) is 0 Å². The third-order valence-corrected chi connectivity index (χ3v) is 9.22. The molecule has 0 aliphatic carbocycles. The van der Waals surface area contributed by atoms with Crippen molar-refractivity contribution in [2.45, 2.75) is 0 Å². The number of hydrogen-bond acceptors (Lipinski definition) is 3. The van der Waals surface area contributed by atoms with E-state index in [4.69, 9.17) is 19.9 Å². The fraction of sp³-hybridized carbons (Fsp3) is 0. The molecular formula is C45H28AuN4O2-2. The van der Waals surface area contributed by atoms with Crippen LogP contribution < -0.4 is 9.97 Å². The van der Waals surface area contributed by atoms with E-state index in [1.165, 1.54) is 0 Å². The molecule has 0 atom stereocenters. The van der Waals surface area contributed by atoms with Gasteiger partial charge in [0.25, 0.3) is 0 Å². The molecule has 8 bridgehead atoms. The van der Waals surface area contributed by atoms with E-state index < -0.39 is 5.97 Å². The van der Waals surface area contributed by atoms with Crippen LogP contribution >= 0.6 is 0 Å². The van der Waals surface area contributed by atoms with Gasteiger partial charge in [0, 0.05) is 22.4 Å². The molecule has 0 saturated heterocycles. The first kappa shape index (κ1) is 32.9. The molecule has 2 aliphatic heterocycles. The smallest absolute Gasteiger partial charge is 0.335 e. The van der Waals surface area contributed by atoms with Gasteiger partial charge in [0.15, 0.2) is 0 Å². The number of carboxylic acid groups (broad SMARTS) is 1. The Morgan fingerprint density at radius 3 is 0.981 bits per heavy atom. The molecule has 4 aromatic carbocycles. The van der Waals surface area contributed by atoms with Crippen LogP contribution in [-0.4, -0.2) is 21.0 Å². The van der Waals surface area contributed by atoms with Crippen molar-refractivity contribution in [3.8, 4) is 44.5 Å². The number of aromatic nitrogens is 4. The summed E-state index contributed by atoms with van der Waals surface area (Å²) in [4.78, 5) is 32.8. The van der Waals surface area contributed by atoms with Gasteiger partial charge in [0.1, 0.15) is 0 Å². The van der Waals surface area contributed by atoms with Crippen LogP contribution in [0.15, 0.2) is 140 Å². The van der Waals surface area contributed by atoms with Crippen LogP contribution in [0.5, 0.6) is 0 Å². The molecule has 7 heteroatoms. The van der Waals surface area contributed by atoms with Gasteiger partial charge in [0.05, 0.1) is 28.3 Å². The summed E-state index contributed by atoms with van der Waals surface area (Å²) < 4.78 is 0. The Bertz CT molecular complexity index is 2660. The zero-order valence-corrected chi connectivity index (χ0v) is 29.7. The van der Waals surface area contributed by atoms with Crippen LogP contribution in [0.25, 0.3) is 90.9 Å². The van der Waals surface area contributed by atoms with E-state index in [9.17, 15) is 9.90 Å². The number of carbonyl (C=O) groups is 1. The number of carboxylic acids is 1. The zero-order valence-electron chi connectivity index (χ0n) is 27.5. The normalized spacial score (nSPS) is 11.7. The second-order valence-electron chi connectivity index (χ2n) is 12.3. The average molecular weight is 854 g/mol. The fourth-order valence-electron chi connectivity index (χ4n) is 6.86. The summed E-state index contributed by atoms with van der Waals surface area (Å²) in [6, 6.07) is 45.6. The number of rotatable bonds is 5. The second-order valence-corrected chi connectivity index (χ2v) is 12.3. The quantitative estimate of drug-likeness (QED) is 0.174. The van der Waals surface area contributed by atoms with E-state index in [1.807, 2.05) is 91.0 Å². The first-order valence-corrected chi connectivity index (χ1v) is 16.7. The largest absolute Gasteiger partial charge is 0.657 e. The van der Waals surface area contributed by atoms with Crippen LogP contribution in [0.3, 0.4) is 0 Å². The fourth-order valence-corrected chi connectivity index (χ4v) is 6.86. The summed E-state index contributed by atoms with van der Waals surface area (Å²) in [6.45, 7) is 0. The van der Waals surface area contributed by atoms with Crippen molar-refractivity contribution in [1.82, 2.24) is 19.9 Å². The third-order valence-electron chi connectivity index (χ3n) is 9.22. The van der Waals surface area contributed by atoms with Gasteiger partial charge in [-0.15, -0.1) is 22.1 Å². The van der Waals surface area contributed by atoms with Crippen LogP contribution in [0.1, 0.15) is 33.1 Å². The summed E-state index contributed by atoms with van der Waals surface area (Å²) in [6.07, 6.45) is 8.14. The van der Waals surface area contributed by atoms with Gasteiger partial charge in [0.2, 0.25) is 0 Å². The van der Waals surface area contributed by atoms with Crippen molar-refractivity contribution < 1.29 is 32.3 Å². The minimum atomic E-state index is -0.980. The maximum Gasteiger partial charge on any atom is 0.335 e. The van der Waals surface area contributed by atoms with Gasteiger partial charge in [-0.2, -0.15) is 0 Å². The van der Waals surface area contributed by atoms with E-state index in [1.54, 1.807) is 12.1 Å². The number of benzene rings is 4. The van der Waals surface area contributed by atoms with Gasteiger partial charge in [-0.3, -0.25) is 0 Å². The molecule has 7 aromatic rings. The van der Waals surface area contributed by atoms with Crippen molar-refractivity contribution in [1.29, 1.82) is 0 Å². The molecule has 52 heavy (non-hydrogen) atoms. The molecule has 6 nitrogen and oxygen atoms in total. The molecule has 1 N–H and O–H groups in total. The maximum atomic E-state index is 11.8. The van der Waals surface area contributed by atoms with Crippen molar-refractivity contribution >= 4 is 52.3 Å². The van der Waals surface area contributed by atoms with Gasteiger partial charge >= 0.3 is 5.97 Å². The number of fused-ring (bicyclic) bond motifs is 8. The molecular weight excluding hydrogens is 825 g/mol. The first-order valence-electron chi connectivity index (χ1n) is 16.7. The molecule has 0 fully saturated rings. The molecule has 2 aliphatic rings. The van der Waals surface area contributed by atoms with Crippen molar-refractivity contribution in [3.63, 3.8) is 0 Å². The Kier molecular flexibility index (Phi) is 8.71. The summed E-state index contributed by atoms with van der Waals surface area (Å²) in [5.41, 5.74) is 13.8. The molecule has 0 unspecified atom stereocenters. The summed E-state index contributed by atoms with van der Waals surface area (Å²) in [5, 5.41) is 9.63. The predicted octanol–water partition coefficient (Wildman–Crippen LogP) is 10.3. The van der Waals surface area contributed by atoms with Gasteiger partial charge in [-0.25, -0.2) is 14.8 Å². The minimum Gasteiger partial charge on any atom is -0.657 e. The summed E-state index contributed by atoms with van der Waals surface area (Å²) in [5.74, 6) is -0.980. The van der Waals surface area contributed by atoms with E-state index in [0.29, 0.717) is 0 Å². The predicted molar refractivity (Wildman–Crippen MR) is 205 cm³/mol. The molecule has 0 spiro atoms. The number of hydrogen-bond donors (Lipinski definition) is 1. The Morgan fingerprint density at radius 1 is 0.404 bits per heavy atom. The Balaban J connectivity index is 0.00000387. The van der Waals surface area contributed by atoms with E-state index >= 15 is 0 Å². The molecule has 3 aromatic heterocycles. The summed E-state index contributed by atoms with van der Waals surface area (Å²) in [7, 11) is 0. The van der Waals surface area contributed by atoms with Gasteiger partial charge < -0.3 is 15.1 Å². The van der Waals surface area contributed by atoms with Crippen molar-refractivity contribution in [3.05, 3.63) is 168 Å². The third kappa shape index (κ3) is 5.95. The molecule has 5 heterocycles. The van der Waals surface area contributed by atoms with Crippen LogP contribution in [-0.2, 0) is 22.4 Å². The molecule has 0 saturated carbocycles. The Labute approximate surface area is 315 Å². The monoisotopic (exact) mass is 853 g/mol. The second kappa shape index (κ2) is 13.8. The van der Waals surface area contributed by atoms with Crippen LogP contribution in [0.4, 0.5) is 0 Å². The molecule has 253 valence electrons. The van der Waals surface area contributed by atoms with E-state index in [-0.39, 0.29) is 27.9 Å². The zero-order chi connectivity index (χ0) is 34.3. The SMILES string of the molecule is O=C(O)c1ccc(-c2c3nc(c(-c4ccccc4)c4ccc([n-]4)c(-c4ccccc4)c4nc(c(-c5ccccc5)c5ccc2[n-]5)C=C4)C=C3)cc1.[Au]. The van der Waals surface area contributed by atoms with Crippen molar-refractivity contribution in [2.75, 3.05) is 0 Å². The molecule has 9 rings (SSSR count). The number of aromatic carboxylic acids is 1. The Morgan fingerprint density at radius 2 is 0.692 bits per heavy atom. The standard InChI is InChI=1S/C45H29N4O2.Au/c50-45(51)32-18-16-31(17-19-32)44-39-26-24-37(48-39)42(29-12-6-2-7-13-29)35-22-20-33(46-35)41(28-10-4-1-5-11-28)34-21-23-36(47-34)43(30-14-8-3-9-15-30)38-25-27-40(44)49-38;/h1-27H,(H2-,46,47,48,49,50,51);/q-1;/p-1. The Hall–Kier alpha value is -6.31. The van der Waals surface area contributed by atoms with Crippen molar-refractivity contribution in [2.24, 2.45) is 0 Å². The van der Waals surface area contributed by atoms with Gasteiger partial charge in [-0.1, -0.05) is 127 Å². The van der Waals surface area contributed by atoms with Crippen LogP contribution in [0, 0.1) is 0 Å². The molecule has 0 amide bonds. The maximum absolute atomic E-state index is 11.8. The molecule has 1 radical (unpaired) electrons. The minimum absolute atomic E-state index is 0. The topological polar surface area (TPSA) is 91.3 Å².